The van der Waals surface area contributed by atoms with Crippen molar-refractivity contribution in [3.05, 3.63) is 28.8 Å². The second-order valence-electron chi connectivity index (χ2n) is 5.27. The summed E-state index contributed by atoms with van der Waals surface area (Å²) < 4.78 is 26.4. The van der Waals surface area contributed by atoms with Crippen LogP contribution in [-0.4, -0.2) is 39.4 Å². The molecule has 0 radical (unpaired) electrons. The number of nitrogens with one attached hydrogen (secondary N) is 1. The van der Waals surface area contributed by atoms with E-state index in [1.165, 1.54) is 13.1 Å². The molecular formula is C14H20N2O3S. The smallest absolute Gasteiger partial charge is 0.253 e. The van der Waals surface area contributed by atoms with E-state index in [0.717, 1.165) is 18.4 Å². The fourth-order valence-electron chi connectivity index (χ4n) is 2.17. The first-order valence-corrected chi connectivity index (χ1v) is 8.08. The first kappa shape index (κ1) is 15.0. The number of amides is 1. The van der Waals surface area contributed by atoms with Gasteiger partial charge < -0.3 is 4.90 Å². The summed E-state index contributed by atoms with van der Waals surface area (Å²) in [4.78, 5) is 14.2. The molecule has 1 amide bonds. The molecule has 6 heteroatoms. The van der Waals surface area contributed by atoms with Gasteiger partial charge in [-0.05, 0) is 57.0 Å². The zero-order chi connectivity index (χ0) is 15.1. The number of rotatable bonds is 4. The summed E-state index contributed by atoms with van der Waals surface area (Å²) in [6.07, 6.45) is 2.05. The van der Waals surface area contributed by atoms with Crippen LogP contribution < -0.4 is 4.72 Å². The molecule has 1 aliphatic rings. The number of nitrogens with zero attached hydrogens (tertiary/aromatic N) is 1. The van der Waals surface area contributed by atoms with Gasteiger partial charge in [-0.15, -0.1) is 0 Å². The van der Waals surface area contributed by atoms with Gasteiger partial charge in [0.1, 0.15) is 0 Å². The molecule has 5 nitrogen and oxygen atoms in total. The Hall–Kier alpha value is -1.40. The van der Waals surface area contributed by atoms with Gasteiger partial charge in [0, 0.05) is 18.7 Å². The Kier molecular flexibility index (Phi) is 3.88. The predicted molar refractivity (Wildman–Crippen MR) is 77.3 cm³/mol. The van der Waals surface area contributed by atoms with E-state index in [1.807, 2.05) is 6.92 Å². The van der Waals surface area contributed by atoms with E-state index in [9.17, 15) is 13.2 Å². The highest BCUT2D eigenvalue weighted by Gasteiger charge is 2.31. The van der Waals surface area contributed by atoms with E-state index in [0.29, 0.717) is 17.2 Å². The standard InChI is InChI=1S/C14H20N2O3S/c1-9-7-11(14(17)16(4)12-5-6-12)8-13(10(9)2)20(18,19)15-3/h7-8,12,15H,5-6H2,1-4H3. The topological polar surface area (TPSA) is 66.5 Å². The van der Waals surface area contributed by atoms with Crippen LogP contribution in [0.1, 0.15) is 34.3 Å². The average Bonchev–Trinajstić information content (AvgIpc) is 3.24. The Balaban J connectivity index is 2.48. The highest BCUT2D eigenvalue weighted by molar-refractivity contribution is 7.89. The third kappa shape index (κ3) is 2.71. The van der Waals surface area contributed by atoms with E-state index in [-0.39, 0.29) is 10.8 Å². The number of hydrogen-bond acceptors (Lipinski definition) is 3. The Labute approximate surface area is 120 Å². The van der Waals surface area contributed by atoms with Crippen molar-refractivity contribution < 1.29 is 13.2 Å². The van der Waals surface area contributed by atoms with Crippen molar-refractivity contribution in [3.63, 3.8) is 0 Å². The van der Waals surface area contributed by atoms with E-state index in [1.54, 1.807) is 24.9 Å². The lowest BCUT2D eigenvalue weighted by Gasteiger charge is -2.18. The van der Waals surface area contributed by atoms with Gasteiger partial charge >= 0.3 is 0 Å². The minimum atomic E-state index is -3.56. The van der Waals surface area contributed by atoms with Gasteiger partial charge in [0.05, 0.1) is 4.90 Å². The first-order valence-electron chi connectivity index (χ1n) is 6.60. The van der Waals surface area contributed by atoms with Crippen molar-refractivity contribution >= 4 is 15.9 Å². The van der Waals surface area contributed by atoms with Crippen LogP contribution in [0.5, 0.6) is 0 Å². The molecular weight excluding hydrogens is 276 g/mol. The summed E-state index contributed by atoms with van der Waals surface area (Å²) in [5.74, 6) is -0.122. The Morgan fingerprint density at radius 1 is 1.30 bits per heavy atom. The van der Waals surface area contributed by atoms with E-state index in [4.69, 9.17) is 0 Å². The van der Waals surface area contributed by atoms with Crippen molar-refractivity contribution in [2.45, 2.75) is 37.6 Å². The molecule has 1 aromatic rings. The van der Waals surface area contributed by atoms with Crippen LogP contribution in [0, 0.1) is 13.8 Å². The third-order valence-electron chi connectivity index (χ3n) is 3.84. The highest BCUT2D eigenvalue weighted by atomic mass is 32.2. The Bertz CT molecular complexity index is 649. The third-order valence-corrected chi connectivity index (χ3v) is 5.38. The number of hydrogen-bond donors (Lipinski definition) is 1. The van der Waals surface area contributed by atoms with Crippen LogP contribution >= 0.6 is 0 Å². The van der Waals surface area contributed by atoms with Crippen LogP contribution in [0.4, 0.5) is 0 Å². The van der Waals surface area contributed by atoms with Crippen LogP contribution in [0.25, 0.3) is 0 Å². The second kappa shape index (κ2) is 5.18. The minimum Gasteiger partial charge on any atom is -0.339 e. The van der Waals surface area contributed by atoms with Crippen molar-refractivity contribution in [2.75, 3.05) is 14.1 Å². The summed E-state index contributed by atoms with van der Waals surface area (Å²) in [6, 6.07) is 3.52. The molecule has 0 bridgehead atoms. The van der Waals surface area contributed by atoms with Gasteiger partial charge in [0.15, 0.2) is 0 Å². The molecule has 0 spiro atoms. The van der Waals surface area contributed by atoms with Crippen molar-refractivity contribution in [2.24, 2.45) is 0 Å². The maximum absolute atomic E-state index is 12.4. The quantitative estimate of drug-likeness (QED) is 0.914. The summed E-state index contributed by atoms with van der Waals surface area (Å²) >= 11 is 0. The van der Waals surface area contributed by atoms with Gasteiger partial charge in [0.25, 0.3) is 5.91 Å². The van der Waals surface area contributed by atoms with Crippen molar-refractivity contribution in [1.82, 2.24) is 9.62 Å². The van der Waals surface area contributed by atoms with Crippen molar-refractivity contribution in [3.8, 4) is 0 Å². The zero-order valence-electron chi connectivity index (χ0n) is 12.2. The molecule has 0 aliphatic heterocycles. The number of sulfonamides is 1. The van der Waals surface area contributed by atoms with E-state index >= 15 is 0 Å². The van der Waals surface area contributed by atoms with Gasteiger partial charge in [-0.1, -0.05) is 0 Å². The number of carbonyl (C=O) groups is 1. The van der Waals surface area contributed by atoms with Crippen LogP contribution in [-0.2, 0) is 10.0 Å². The monoisotopic (exact) mass is 296 g/mol. The normalized spacial score (nSPS) is 15.2. The SMILES string of the molecule is CNS(=O)(=O)c1cc(C(=O)N(C)C2CC2)cc(C)c1C. The summed E-state index contributed by atoms with van der Waals surface area (Å²) in [5.41, 5.74) is 1.90. The molecule has 1 aliphatic carbocycles. The molecule has 1 N–H and O–H groups in total. The van der Waals surface area contributed by atoms with Gasteiger partial charge in [-0.2, -0.15) is 0 Å². The molecule has 0 atom stereocenters. The highest BCUT2D eigenvalue weighted by Crippen LogP contribution is 2.28. The first-order chi connectivity index (χ1) is 9.27. The predicted octanol–water partition coefficient (Wildman–Crippen LogP) is 1.45. The lowest BCUT2D eigenvalue weighted by Crippen LogP contribution is -2.29. The minimum absolute atomic E-state index is 0.122. The molecule has 1 fully saturated rings. The van der Waals surface area contributed by atoms with Gasteiger partial charge in [-0.25, -0.2) is 13.1 Å². The molecule has 0 aromatic heterocycles. The zero-order valence-corrected chi connectivity index (χ0v) is 13.0. The van der Waals surface area contributed by atoms with Crippen LogP contribution in [0.2, 0.25) is 0 Å². The summed E-state index contributed by atoms with van der Waals surface area (Å²) in [5, 5.41) is 0. The second-order valence-corrected chi connectivity index (χ2v) is 7.13. The molecule has 2 rings (SSSR count). The molecule has 0 heterocycles. The van der Waals surface area contributed by atoms with E-state index < -0.39 is 10.0 Å². The molecule has 1 aromatic carbocycles. The Morgan fingerprint density at radius 2 is 1.90 bits per heavy atom. The van der Waals surface area contributed by atoms with Gasteiger partial charge in [0.2, 0.25) is 10.0 Å². The summed E-state index contributed by atoms with van der Waals surface area (Å²) in [7, 11) is -0.423. The summed E-state index contributed by atoms with van der Waals surface area (Å²) in [6.45, 7) is 3.57. The van der Waals surface area contributed by atoms with Gasteiger partial charge in [-0.3, -0.25) is 4.79 Å². The molecule has 1 saturated carbocycles. The number of aryl methyl sites for hydroxylation is 1. The average molecular weight is 296 g/mol. The Morgan fingerprint density at radius 3 is 2.40 bits per heavy atom. The molecule has 20 heavy (non-hydrogen) atoms. The van der Waals surface area contributed by atoms with Crippen LogP contribution in [0.3, 0.4) is 0 Å². The van der Waals surface area contributed by atoms with E-state index in [2.05, 4.69) is 4.72 Å². The lowest BCUT2D eigenvalue weighted by molar-refractivity contribution is 0.0784. The number of carbonyl (C=O) groups excluding carboxylic acids is 1. The lowest BCUT2D eigenvalue weighted by atomic mass is 10.1. The maximum atomic E-state index is 12.4. The fraction of sp³-hybridized carbons (Fsp3) is 0.500. The molecule has 0 saturated heterocycles. The van der Waals surface area contributed by atoms with Crippen LogP contribution in [0.15, 0.2) is 17.0 Å². The largest absolute Gasteiger partial charge is 0.339 e. The van der Waals surface area contributed by atoms with Crippen molar-refractivity contribution in [1.29, 1.82) is 0 Å². The molecule has 110 valence electrons. The fourth-order valence-corrected chi connectivity index (χ4v) is 3.24. The maximum Gasteiger partial charge on any atom is 0.253 e. The number of benzene rings is 1. The molecule has 0 unspecified atom stereocenters.